The van der Waals surface area contributed by atoms with Crippen molar-refractivity contribution in [3.05, 3.63) is 17.1 Å². The summed E-state index contributed by atoms with van der Waals surface area (Å²) in [6.07, 6.45) is 0. The average Bonchev–Trinajstić information content (AvgIpc) is 2.73. The molecule has 0 radical (unpaired) electrons. The van der Waals surface area contributed by atoms with Gasteiger partial charge in [0.1, 0.15) is 16.4 Å². The second kappa shape index (κ2) is 6.08. The van der Waals surface area contributed by atoms with E-state index in [1.54, 1.807) is 18.7 Å². The minimum absolute atomic E-state index is 0.0703. The van der Waals surface area contributed by atoms with E-state index in [0.717, 1.165) is 0 Å². The molecule has 108 valence electrons. The Labute approximate surface area is 120 Å². The molecule has 1 aromatic rings. The van der Waals surface area contributed by atoms with Crippen LogP contribution in [0.25, 0.3) is 0 Å². The van der Waals surface area contributed by atoms with Crippen LogP contribution in [0.1, 0.15) is 21.9 Å². The number of nitrogens with one attached hydrogen (secondary N) is 1. The van der Waals surface area contributed by atoms with E-state index in [1.165, 1.54) is 11.8 Å². The molecule has 0 aromatic carbocycles. The van der Waals surface area contributed by atoms with Crippen molar-refractivity contribution in [2.24, 2.45) is 0 Å². The summed E-state index contributed by atoms with van der Waals surface area (Å²) >= 11 is 1.34. The van der Waals surface area contributed by atoms with Crippen molar-refractivity contribution >= 4 is 23.8 Å². The Bertz CT molecular complexity index is 550. The lowest BCUT2D eigenvalue weighted by atomic mass is 10.2. The molecule has 1 aromatic heterocycles. The van der Waals surface area contributed by atoms with Gasteiger partial charge in [0.15, 0.2) is 0 Å². The second-order valence-electron chi connectivity index (χ2n) is 4.41. The van der Waals surface area contributed by atoms with Gasteiger partial charge in [-0.25, -0.2) is 19.6 Å². The summed E-state index contributed by atoms with van der Waals surface area (Å²) in [5.41, 5.74) is 0.609. The highest BCUT2D eigenvalue weighted by atomic mass is 32.2. The molecule has 1 fully saturated rings. The number of aromatic carboxylic acids is 1. The normalized spacial score (nSPS) is 14.5. The Morgan fingerprint density at radius 1 is 1.45 bits per heavy atom. The number of carbonyl (C=O) groups is 2. The van der Waals surface area contributed by atoms with E-state index in [0.29, 0.717) is 41.9 Å². The quantitative estimate of drug-likeness (QED) is 0.619. The number of amides is 2. The number of carboxylic acids is 1. The molecule has 0 saturated carbocycles. The molecule has 1 aliphatic rings. The van der Waals surface area contributed by atoms with Crippen LogP contribution in [-0.2, 0) is 0 Å². The molecule has 7 nitrogen and oxygen atoms in total. The van der Waals surface area contributed by atoms with E-state index >= 15 is 0 Å². The lowest BCUT2D eigenvalue weighted by molar-refractivity contribution is 0.0690. The van der Waals surface area contributed by atoms with E-state index in [1.807, 2.05) is 0 Å². The largest absolute Gasteiger partial charge is 0.478 e. The fraction of sp³-hybridized carbons (Fsp3) is 0.500. The van der Waals surface area contributed by atoms with E-state index in [9.17, 15) is 14.7 Å². The maximum atomic E-state index is 11.4. The van der Waals surface area contributed by atoms with Gasteiger partial charge in [0, 0.05) is 25.4 Å². The number of nitrogens with zero attached hydrogens (tertiary/aromatic N) is 3. The van der Waals surface area contributed by atoms with Crippen molar-refractivity contribution in [3.8, 4) is 0 Å². The molecule has 2 heterocycles. The highest BCUT2D eigenvalue weighted by Gasteiger charge is 2.20. The van der Waals surface area contributed by atoms with Crippen molar-refractivity contribution in [2.45, 2.75) is 18.9 Å². The second-order valence-corrected chi connectivity index (χ2v) is 5.49. The van der Waals surface area contributed by atoms with E-state index in [4.69, 9.17) is 0 Å². The lowest BCUT2D eigenvalue weighted by Gasteiger charge is -2.14. The van der Waals surface area contributed by atoms with Crippen molar-refractivity contribution in [1.29, 1.82) is 0 Å². The fourth-order valence-corrected chi connectivity index (χ4v) is 3.09. The third kappa shape index (κ3) is 3.19. The molecule has 0 atom stereocenters. The predicted octanol–water partition coefficient (Wildman–Crippen LogP) is 0.909. The summed E-state index contributed by atoms with van der Waals surface area (Å²) in [6, 6.07) is -0.0703. The average molecular weight is 296 g/mol. The van der Waals surface area contributed by atoms with Crippen molar-refractivity contribution in [1.82, 2.24) is 20.2 Å². The Morgan fingerprint density at radius 2 is 2.20 bits per heavy atom. The zero-order valence-electron chi connectivity index (χ0n) is 11.3. The molecule has 1 saturated heterocycles. The van der Waals surface area contributed by atoms with Gasteiger partial charge in [0.2, 0.25) is 0 Å². The number of aromatic nitrogens is 2. The van der Waals surface area contributed by atoms with Crippen LogP contribution < -0.4 is 5.32 Å². The number of hydrogen-bond acceptors (Lipinski definition) is 5. The fourth-order valence-electron chi connectivity index (χ4n) is 2.01. The predicted molar refractivity (Wildman–Crippen MR) is 74.2 cm³/mol. The standard InChI is InChI=1S/C12H16N4O3S/c1-7-9(11(17)18)10(15-8(2)14-7)20-6-5-16-4-3-13-12(16)19/h3-6H2,1-2H3,(H,13,19)(H,17,18). The smallest absolute Gasteiger partial charge is 0.340 e. The van der Waals surface area contributed by atoms with Gasteiger partial charge in [-0.15, -0.1) is 11.8 Å². The molecular weight excluding hydrogens is 280 g/mol. The summed E-state index contributed by atoms with van der Waals surface area (Å²) in [4.78, 5) is 32.6. The zero-order valence-corrected chi connectivity index (χ0v) is 12.2. The van der Waals surface area contributed by atoms with Crippen LogP contribution in [0, 0.1) is 13.8 Å². The highest BCUT2D eigenvalue weighted by Crippen LogP contribution is 2.23. The van der Waals surface area contributed by atoms with Crippen LogP contribution in [0.2, 0.25) is 0 Å². The van der Waals surface area contributed by atoms with Crippen molar-refractivity contribution in [3.63, 3.8) is 0 Å². The first-order valence-corrected chi connectivity index (χ1v) is 7.21. The molecule has 20 heavy (non-hydrogen) atoms. The van der Waals surface area contributed by atoms with E-state index in [2.05, 4.69) is 15.3 Å². The summed E-state index contributed by atoms with van der Waals surface area (Å²) in [5.74, 6) is 0.127. The molecule has 0 bridgehead atoms. The first-order valence-electron chi connectivity index (χ1n) is 6.23. The van der Waals surface area contributed by atoms with Gasteiger partial charge in [0.25, 0.3) is 0 Å². The summed E-state index contributed by atoms with van der Waals surface area (Å²) in [7, 11) is 0. The number of carbonyl (C=O) groups excluding carboxylic acids is 1. The third-order valence-electron chi connectivity index (χ3n) is 2.93. The van der Waals surface area contributed by atoms with Crippen LogP contribution in [-0.4, -0.2) is 57.4 Å². The molecule has 0 spiro atoms. The van der Waals surface area contributed by atoms with Crippen LogP contribution in [0.5, 0.6) is 0 Å². The minimum Gasteiger partial charge on any atom is -0.478 e. The van der Waals surface area contributed by atoms with Gasteiger partial charge < -0.3 is 15.3 Å². The maximum Gasteiger partial charge on any atom is 0.340 e. The Morgan fingerprint density at radius 3 is 2.80 bits per heavy atom. The molecule has 0 aliphatic carbocycles. The van der Waals surface area contributed by atoms with E-state index in [-0.39, 0.29) is 11.6 Å². The van der Waals surface area contributed by atoms with Crippen molar-refractivity contribution < 1.29 is 14.7 Å². The SMILES string of the molecule is Cc1nc(C)c(C(=O)O)c(SCCN2CCNC2=O)n1. The molecule has 2 N–H and O–H groups in total. The number of rotatable bonds is 5. The van der Waals surface area contributed by atoms with E-state index < -0.39 is 5.97 Å². The van der Waals surface area contributed by atoms with Gasteiger partial charge in [0.05, 0.1) is 5.69 Å². The molecular formula is C12H16N4O3S. The summed E-state index contributed by atoms with van der Waals surface area (Å²) < 4.78 is 0. The van der Waals surface area contributed by atoms with Crippen molar-refractivity contribution in [2.75, 3.05) is 25.4 Å². The summed E-state index contributed by atoms with van der Waals surface area (Å²) in [5, 5.41) is 12.4. The van der Waals surface area contributed by atoms with Gasteiger partial charge in [-0.2, -0.15) is 0 Å². The maximum absolute atomic E-state index is 11.4. The first kappa shape index (κ1) is 14.6. The number of hydrogen-bond donors (Lipinski definition) is 2. The Kier molecular flexibility index (Phi) is 4.43. The number of urea groups is 1. The lowest BCUT2D eigenvalue weighted by Crippen LogP contribution is -2.30. The number of aryl methyl sites for hydroxylation is 2. The number of carboxylic acid groups (broad SMARTS) is 1. The Balaban J connectivity index is 2.05. The molecule has 2 amide bonds. The molecule has 2 rings (SSSR count). The first-order chi connectivity index (χ1) is 9.49. The topological polar surface area (TPSA) is 95.4 Å². The third-order valence-corrected chi connectivity index (χ3v) is 3.88. The molecule has 1 aliphatic heterocycles. The zero-order chi connectivity index (χ0) is 14.7. The van der Waals surface area contributed by atoms with Crippen LogP contribution in [0.3, 0.4) is 0 Å². The van der Waals surface area contributed by atoms with Crippen LogP contribution >= 0.6 is 11.8 Å². The molecule has 8 heteroatoms. The summed E-state index contributed by atoms with van der Waals surface area (Å²) in [6.45, 7) is 5.31. The minimum atomic E-state index is -1.02. The van der Waals surface area contributed by atoms with Gasteiger partial charge in [-0.1, -0.05) is 0 Å². The number of thioether (sulfide) groups is 1. The highest BCUT2D eigenvalue weighted by molar-refractivity contribution is 7.99. The van der Waals surface area contributed by atoms with Gasteiger partial charge >= 0.3 is 12.0 Å². The van der Waals surface area contributed by atoms with Crippen LogP contribution in [0.15, 0.2) is 5.03 Å². The monoisotopic (exact) mass is 296 g/mol. The molecule has 0 unspecified atom stereocenters. The van der Waals surface area contributed by atoms with Gasteiger partial charge in [-0.05, 0) is 13.8 Å². The van der Waals surface area contributed by atoms with Crippen LogP contribution in [0.4, 0.5) is 4.79 Å². The Hall–Kier alpha value is -1.83. The van der Waals surface area contributed by atoms with Gasteiger partial charge in [-0.3, -0.25) is 0 Å².